The third-order valence-electron chi connectivity index (χ3n) is 3.96. The molecule has 0 atom stereocenters. The molecule has 140 valence electrons. The second-order valence-corrected chi connectivity index (χ2v) is 5.73. The molecule has 27 heavy (non-hydrogen) atoms. The molecular weight excluding hydrogens is 346 g/mol. The van der Waals surface area contributed by atoms with E-state index in [1.165, 1.54) is 21.3 Å². The quantitative estimate of drug-likeness (QED) is 0.694. The van der Waals surface area contributed by atoms with Gasteiger partial charge in [0.1, 0.15) is 6.54 Å². The van der Waals surface area contributed by atoms with Crippen LogP contribution in [0.3, 0.4) is 0 Å². The minimum absolute atomic E-state index is 0.0868. The van der Waals surface area contributed by atoms with Gasteiger partial charge in [-0.05, 0) is 6.07 Å². The van der Waals surface area contributed by atoms with Gasteiger partial charge >= 0.3 is 0 Å². The smallest absolute Gasteiger partial charge is 0.246 e. The molecule has 3 rings (SSSR count). The van der Waals surface area contributed by atoms with E-state index in [4.69, 9.17) is 14.2 Å². The Balaban J connectivity index is 1.72. The molecule has 1 N–H and O–H groups in total. The highest BCUT2D eigenvalue weighted by atomic mass is 16.5. The van der Waals surface area contributed by atoms with Gasteiger partial charge in [-0.1, -0.05) is 30.3 Å². The number of amides is 1. The molecule has 0 aliphatic rings. The fourth-order valence-electron chi connectivity index (χ4n) is 2.71. The maximum atomic E-state index is 12.4. The van der Waals surface area contributed by atoms with Crippen LogP contribution in [0.1, 0.15) is 0 Å². The van der Waals surface area contributed by atoms with Gasteiger partial charge in [0, 0.05) is 29.6 Å². The average molecular weight is 367 g/mol. The summed E-state index contributed by atoms with van der Waals surface area (Å²) >= 11 is 0. The second kappa shape index (κ2) is 8.27. The molecular formula is C20H21N3O4. The van der Waals surface area contributed by atoms with E-state index in [1.54, 1.807) is 23.0 Å². The molecule has 0 radical (unpaired) electrons. The summed E-state index contributed by atoms with van der Waals surface area (Å²) < 4.78 is 17.5. The molecule has 0 unspecified atom stereocenters. The summed E-state index contributed by atoms with van der Waals surface area (Å²) in [6.07, 6.45) is 1.77. The molecule has 0 saturated carbocycles. The number of hydrogen-bond acceptors (Lipinski definition) is 5. The predicted molar refractivity (Wildman–Crippen MR) is 102 cm³/mol. The molecule has 1 heterocycles. The summed E-state index contributed by atoms with van der Waals surface area (Å²) in [6, 6.07) is 15.0. The molecule has 7 heteroatoms. The molecule has 1 amide bonds. The first-order valence-corrected chi connectivity index (χ1v) is 8.33. The van der Waals surface area contributed by atoms with Crippen molar-refractivity contribution in [1.82, 2.24) is 9.78 Å². The van der Waals surface area contributed by atoms with Gasteiger partial charge in [0.2, 0.25) is 11.7 Å². The normalized spacial score (nSPS) is 10.3. The lowest BCUT2D eigenvalue weighted by Gasteiger charge is -2.14. The van der Waals surface area contributed by atoms with Crippen LogP contribution in [0, 0.1) is 0 Å². The minimum atomic E-state index is -0.216. The maximum Gasteiger partial charge on any atom is 0.246 e. The Labute approximate surface area is 157 Å². The first-order chi connectivity index (χ1) is 13.1. The van der Waals surface area contributed by atoms with Crippen molar-refractivity contribution in [3.63, 3.8) is 0 Å². The Morgan fingerprint density at radius 3 is 2.26 bits per heavy atom. The Morgan fingerprint density at radius 2 is 1.67 bits per heavy atom. The third-order valence-corrected chi connectivity index (χ3v) is 3.96. The van der Waals surface area contributed by atoms with Gasteiger partial charge in [0.15, 0.2) is 11.5 Å². The van der Waals surface area contributed by atoms with Gasteiger partial charge < -0.3 is 19.5 Å². The number of hydrogen-bond donors (Lipinski definition) is 1. The molecule has 0 spiro atoms. The van der Waals surface area contributed by atoms with E-state index in [0.29, 0.717) is 22.9 Å². The lowest BCUT2D eigenvalue weighted by Crippen LogP contribution is -2.19. The van der Waals surface area contributed by atoms with E-state index >= 15 is 0 Å². The van der Waals surface area contributed by atoms with Crippen LogP contribution in [0.25, 0.3) is 11.3 Å². The SMILES string of the molecule is COc1cc(NC(=O)Cn2ccc(-c3ccccc3)n2)cc(OC)c1OC. The molecule has 2 aromatic carbocycles. The standard InChI is InChI=1S/C20H21N3O4/c1-25-17-11-15(12-18(26-2)20(17)27-3)21-19(24)13-23-10-9-16(22-23)14-7-5-4-6-8-14/h4-12H,13H2,1-3H3,(H,21,24). The van der Waals surface area contributed by atoms with Crippen molar-refractivity contribution >= 4 is 11.6 Å². The van der Waals surface area contributed by atoms with Crippen LogP contribution in [-0.2, 0) is 11.3 Å². The van der Waals surface area contributed by atoms with Crippen LogP contribution in [0.15, 0.2) is 54.7 Å². The van der Waals surface area contributed by atoms with E-state index in [9.17, 15) is 4.79 Å². The number of carbonyl (C=O) groups is 1. The molecule has 7 nitrogen and oxygen atoms in total. The Bertz CT molecular complexity index is 897. The lowest BCUT2D eigenvalue weighted by molar-refractivity contribution is -0.116. The minimum Gasteiger partial charge on any atom is -0.493 e. The summed E-state index contributed by atoms with van der Waals surface area (Å²) in [5, 5.41) is 7.27. The number of nitrogens with one attached hydrogen (secondary N) is 1. The number of nitrogens with zero attached hydrogens (tertiary/aromatic N) is 2. The van der Waals surface area contributed by atoms with E-state index in [1.807, 2.05) is 36.4 Å². The van der Waals surface area contributed by atoms with Crippen LogP contribution < -0.4 is 19.5 Å². The highest BCUT2D eigenvalue weighted by Gasteiger charge is 2.15. The number of aromatic nitrogens is 2. The van der Waals surface area contributed by atoms with Gasteiger partial charge in [0.25, 0.3) is 0 Å². The van der Waals surface area contributed by atoms with Gasteiger partial charge in [-0.2, -0.15) is 5.10 Å². The van der Waals surface area contributed by atoms with E-state index < -0.39 is 0 Å². The topological polar surface area (TPSA) is 74.6 Å². The van der Waals surface area contributed by atoms with E-state index in [0.717, 1.165) is 11.3 Å². The summed E-state index contributed by atoms with van der Waals surface area (Å²) in [4.78, 5) is 12.4. The van der Waals surface area contributed by atoms with E-state index in [-0.39, 0.29) is 12.5 Å². The van der Waals surface area contributed by atoms with Crippen molar-refractivity contribution in [3.05, 3.63) is 54.7 Å². The van der Waals surface area contributed by atoms with Crippen molar-refractivity contribution in [1.29, 1.82) is 0 Å². The average Bonchev–Trinajstić information content (AvgIpc) is 3.16. The van der Waals surface area contributed by atoms with Crippen LogP contribution in [0.4, 0.5) is 5.69 Å². The summed E-state index contributed by atoms with van der Waals surface area (Å²) in [6.45, 7) is 0.0868. The fraction of sp³-hybridized carbons (Fsp3) is 0.200. The van der Waals surface area contributed by atoms with Crippen LogP contribution in [0.2, 0.25) is 0 Å². The zero-order chi connectivity index (χ0) is 19.2. The lowest BCUT2D eigenvalue weighted by atomic mass is 10.2. The van der Waals surface area contributed by atoms with Crippen molar-refractivity contribution in [2.75, 3.05) is 26.6 Å². The molecule has 0 bridgehead atoms. The van der Waals surface area contributed by atoms with Crippen molar-refractivity contribution in [2.24, 2.45) is 0 Å². The van der Waals surface area contributed by atoms with E-state index in [2.05, 4.69) is 10.4 Å². The third kappa shape index (κ3) is 4.20. The highest BCUT2D eigenvalue weighted by molar-refractivity contribution is 5.91. The largest absolute Gasteiger partial charge is 0.493 e. The molecule has 1 aromatic heterocycles. The van der Waals surface area contributed by atoms with Gasteiger partial charge in [0.05, 0.1) is 27.0 Å². The molecule has 0 saturated heterocycles. The van der Waals surface area contributed by atoms with Gasteiger partial charge in [-0.15, -0.1) is 0 Å². The fourth-order valence-corrected chi connectivity index (χ4v) is 2.71. The molecule has 0 fully saturated rings. The number of carbonyl (C=O) groups excluding carboxylic acids is 1. The Kier molecular flexibility index (Phi) is 5.61. The predicted octanol–water partition coefficient (Wildman–Crippen LogP) is 3.21. The van der Waals surface area contributed by atoms with Crippen LogP contribution >= 0.6 is 0 Å². The summed E-state index contributed by atoms with van der Waals surface area (Å²) in [5.41, 5.74) is 2.36. The monoisotopic (exact) mass is 367 g/mol. The Morgan fingerprint density at radius 1 is 1.00 bits per heavy atom. The molecule has 3 aromatic rings. The zero-order valence-corrected chi connectivity index (χ0v) is 15.4. The van der Waals surface area contributed by atoms with Crippen molar-refractivity contribution < 1.29 is 19.0 Å². The number of benzene rings is 2. The highest BCUT2D eigenvalue weighted by Crippen LogP contribution is 2.39. The molecule has 0 aliphatic carbocycles. The first-order valence-electron chi connectivity index (χ1n) is 8.33. The van der Waals surface area contributed by atoms with Gasteiger partial charge in [-0.3, -0.25) is 9.48 Å². The number of anilines is 1. The van der Waals surface area contributed by atoms with Crippen LogP contribution in [-0.4, -0.2) is 37.0 Å². The number of ether oxygens (including phenoxy) is 3. The maximum absolute atomic E-state index is 12.4. The van der Waals surface area contributed by atoms with Crippen molar-refractivity contribution in [2.45, 2.75) is 6.54 Å². The van der Waals surface area contributed by atoms with Crippen molar-refractivity contribution in [3.8, 4) is 28.5 Å². The first kappa shape index (κ1) is 18.3. The summed E-state index contributed by atoms with van der Waals surface area (Å²) in [7, 11) is 4.58. The summed E-state index contributed by atoms with van der Waals surface area (Å²) in [5.74, 6) is 1.19. The second-order valence-electron chi connectivity index (χ2n) is 5.73. The Hall–Kier alpha value is -3.48. The van der Waals surface area contributed by atoms with Gasteiger partial charge in [-0.25, -0.2) is 0 Å². The molecule has 0 aliphatic heterocycles. The van der Waals surface area contributed by atoms with Crippen LogP contribution in [0.5, 0.6) is 17.2 Å². The number of rotatable bonds is 7. The zero-order valence-electron chi connectivity index (χ0n) is 15.4. The number of methoxy groups -OCH3 is 3.